The Bertz CT molecular complexity index is 1060. The molecule has 3 N–H and O–H groups in total. The number of unbranched alkanes of at least 4 members (excludes halogenated alkanes) is 3. The van der Waals surface area contributed by atoms with Gasteiger partial charge in [-0.2, -0.15) is 0 Å². The number of alkyl carbamates (subject to hydrolysis) is 1. The summed E-state index contributed by atoms with van der Waals surface area (Å²) in [6.07, 6.45) is 19.0. The summed E-state index contributed by atoms with van der Waals surface area (Å²) in [6.45, 7) is 12.2. The number of hydrogen-bond donors (Lipinski definition) is 3. The van der Waals surface area contributed by atoms with Gasteiger partial charge in [0.2, 0.25) is 0 Å². The molecule has 1 amide bonds. The molecule has 4 aliphatic rings. The summed E-state index contributed by atoms with van der Waals surface area (Å²) < 4.78 is 21.9. The van der Waals surface area contributed by atoms with E-state index in [1.54, 1.807) is 5.57 Å². The number of amides is 1. The molecule has 0 heterocycles. The van der Waals surface area contributed by atoms with Crippen LogP contribution < -0.4 is 5.32 Å². The molecule has 23 radical (unpaired) electrons. The molecule has 7 nitrogen and oxygen atoms in total. The zero-order valence-electron chi connectivity index (χ0n) is 41.1. The van der Waals surface area contributed by atoms with Gasteiger partial charge in [-0.1, -0.05) is 65.0 Å². The average molecular weight is 2670 g/mol. The summed E-state index contributed by atoms with van der Waals surface area (Å²) in [4.78, 5) is 21.7. The molecule has 0 aromatic carbocycles. The third kappa shape index (κ3) is 55.5. The molecule has 31 heteroatoms. The first-order valence-electron chi connectivity index (χ1n) is 17.6. The van der Waals surface area contributed by atoms with Crippen LogP contribution in [0.15, 0.2) is 11.6 Å². The molecule has 4 rings (SSSR count). The van der Waals surface area contributed by atoms with E-state index >= 15 is 0 Å². The van der Waals surface area contributed by atoms with Crippen molar-refractivity contribution in [2.24, 2.45) is 46.3 Å². The maximum absolute atomic E-state index is 12.5. The molecule has 66 heavy (non-hydrogen) atoms. The SMILES string of the molecule is C[C@@H](CO)CCC[C@@H](C)[C@H]1CC[C@H]2[C@@H]3CC=C4C[C@@H](OC(=O)NCCCCCCOP(C)(=O)O)CC[C@]4(C)[C@H]3CC[C@]12C.[Y].[Y].[Y].[Y].[Y].[Y].[Y].[Y].[Y].[Y].[Y].[Y].[Y].[Y].[Y].[Y].[Y].[Y].[Y].[Y].[Y].[Y].[Y]. The van der Waals surface area contributed by atoms with Crippen LogP contribution in [0.4, 0.5) is 4.79 Å². The van der Waals surface area contributed by atoms with E-state index in [0.717, 1.165) is 81.0 Å². The van der Waals surface area contributed by atoms with Crippen molar-refractivity contribution < 1.29 is 781 Å². The molecule has 0 spiro atoms. The second kappa shape index (κ2) is 83.7. The van der Waals surface area contributed by atoms with Gasteiger partial charge in [-0.25, -0.2) is 4.79 Å². The number of carbonyl (C=O) groups is 1. The van der Waals surface area contributed by atoms with Crippen LogP contribution >= 0.6 is 7.60 Å². The Labute approximate surface area is 983 Å². The molecule has 0 aromatic rings. The normalized spacial score (nSPS) is 23.7. The number of ether oxygens (including phenoxy) is 1. The van der Waals surface area contributed by atoms with Crippen LogP contribution in [0.3, 0.4) is 0 Å². The van der Waals surface area contributed by atoms with Gasteiger partial charge in [-0.15, -0.1) is 0 Å². The van der Waals surface area contributed by atoms with Gasteiger partial charge >= 0.3 is 13.7 Å². The van der Waals surface area contributed by atoms with Crippen LogP contribution in [0.1, 0.15) is 124 Å². The van der Waals surface area contributed by atoms with Crippen molar-refractivity contribution in [2.75, 3.05) is 26.4 Å². The Morgan fingerprint density at radius 2 is 1.20 bits per heavy atom. The first-order chi connectivity index (χ1) is 20.4. The van der Waals surface area contributed by atoms with Crippen molar-refractivity contribution >= 4 is 13.7 Å². The molecule has 1 unspecified atom stereocenters. The van der Waals surface area contributed by atoms with Gasteiger partial charge < -0.3 is 24.6 Å². The van der Waals surface area contributed by atoms with Crippen LogP contribution in [-0.2, 0) is 766 Å². The number of nitrogens with one attached hydrogen (secondary N) is 1. The largest absolute Gasteiger partial charge is 0.446 e. The first-order valence-corrected chi connectivity index (χ1v) is 19.6. The molecular weight excluding hydrogens is 2610 g/mol. The zero-order valence-corrected chi connectivity index (χ0v) is 107. The summed E-state index contributed by atoms with van der Waals surface area (Å²) in [5, 5.41) is 12.3. The number of aliphatic hydroxyl groups excluding tert-OH is 1. The average Bonchev–Trinajstić information content (AvgIpc) is 3.31. The number of allylic oxidation sites excluding steroid dienone is 1. The predicted octanol–water partition coefficient (Wildman–Crippen LogP) is 8.43. The Morgan fingerprint density at radius 1 is 0.697 bits per heavy atom. The molecule has 0 bridgehead atoms. The van der Waals surface area contributed by atoms with Crippen molar-refractivity contribution in [3.05, 3.63) is 11.6 Å². The summed E-state index contributed by atoms with van der Waals surface area (Å²) in [6, 6.07) is 0. The summed E-state index contributed by atoms with van der Waals surface area (Å²) in [7, 11) is -3.38. The first kappa shape index (κ1) is 146. The van der Waals surface area contributed by atoms with E-state index in [-0.39, 0.29) is 770 Å². The van der Waals surface area contributed by atoms with Gasteiger partial charge in [-0.3, -0.25) is 4.57 Å². The summed E-state index contributed by atoms with van der Waals surface area (Å²) >= 11 is 0. The molecule has 10 atom stereocenters. The summed E-state index contributed by atoms with van der Waals surface area (Å²) in [5.41, 5.74) is 2.26. The second-order valence-electron chi connectivity index (χ2n) is 15.4. The molecule has 0 saturated heterocycles. The standard InChI is InChI=1S/C35H62NO6P.23Y/c1-25(24-37)11-10-12-26(2)30-15-16-31-29-14-13-27-23-28(17-19-34(27,3)32(29)18-20-35(30,31)4)42-33(38)36-21-8-6-7-9-22-41-43(5,39)40;;;;;;;;;;;;;;;;;;;;;;;/h13,25-26,28-32,37H,6-12,14-24H2,1-5H3,(H,36,38)(H,39,40);;;;;;;;;;;;;;;;;;;;;;;/t25-,26-,28+,29+,30-,31+,32+,34+,35-;;;;;;;;;;;;;;;;;;;;;;;/m1......................./s1. The van der Waals surface area contributed by atoms with Crippen LogP contribution in [0.2, 0.25) is 0 Å². The Hall–Kier alpha value is 24.5. The molecule has 317 valence electrons. The smallest absolute Gasteiger partial charge is 0.407 e. The molecule has 0 aromatic heterocycles. The molecule has 4 aliphatic carbocycles. The van der Waals surface area contributed by atoms with E-state index in [9.17, 15) is 14.5 Å². The van der Waals surface area contributed by atoms with Crippen molar-refractivity contribution in [1.29, 1.82) is 0 Å². The number of hydrogen-bond acceptors (Lipinski definition) is 5. The van der Waals surface area contributed by atoms with E-state index in [1.165, 1.54) is 51.6 Å². The molecule has 3 fully saturated rings. The van der Waals surface area contributed by atoms with Crippen LogP contribution in [0.5, 0.6) is 0 Å². The van der Waals surface area contributed by atoms with E-state index in [4.69, 9.17) is 14.2 Å². The van der Waals surface area contributed by atoms with Gasteiger partial charge in [0.05, 0.1) is 6.61 Å². The second-order valence-corrected chi connectivity index (χ2v) is 17.3. The van der Waals surface area contributed by atoms with Crippen molar-refractivity contribution in [3.8, 4) is 0 Å². The van der Waals surface area contributed by atoms with Crippen molar-refractivity contribution in [1.82, 2.24) is 5.32 Å². The maximum atomic E-state index is 12.5. The number of fused-ring (bicyclic) bond motifs is 5. The molecule has 0 aliphatic heterocycles. The Balaban J connectivity index is -0.0000000511. The fraction of sp³-hybridized carbons (Fsp3) is 0.914. The zero-order chi connectivity index (χ0) is 31.3. The Kier molecular flexibility index (Phi) is 185. The predicted molar refractivity (Wildman–Crippen MR) is 173 cm³/mol. The van der Waals surface area contributed by atoms with Crippen molar-refractivity contribution in [2.45, 2.75) is 130 Å². The number of aliphatic hydroxyl groups is 1. The fourth-order valence-electron chi connectivity index (χ4n) is 9.98. The molecule has 3 saturated carbocycles. The van der Waals surface area contributed by atoms with Gasteiger partial charge in [0.15, 0.2) is 0 Å². The van der Waals surface area contributed by atoms with Crippen LogP contribution in [0, 0.1) is 46.3 Å². The third-order valence-electron chi connectivity index (χ3n) is 12.4. The summed E-state index contributed by atoms with van der Waals surface area (Å²) in [5.74, 6) is 4.41. The topological polar surface area (TPSA) is 105 Å². The van der Waals surface area contributed by atoms with E-state index < -0.39 is 7.60 Å². The Morgan fingerprint density at radius 3 is 1.68 bits per heavy atom. The van der Waals surface area contributed by atoms with Gasteiger partial charge in [0.1, 0.15) is 6.10 Å². The van der Waals surface area contributed by atoms with Crippen molar-refractivity contribution in [3.63, 3.8) is 0 Å². The quantitative estimate of drug-likeness (QED) is 0.0865. The van der Waals surface area contributed by atoms with Gasteiger partial charge in [0.25, 0.3) is 0 Å². The van der Waals surface area contributed by atoms with E-state index in [1.807, 2.05) is 0 Å². The van der Waals surface area contributed by atoms with Gasteiger partial charge in [-0.05, 0) is 111 Å². The monoisotopic (exact) mass is 2670 g/mol. The fourth-order valence-corrected chi connectivity index (χ4v) is 10.5. The van der Waals surface area contributed by atoms with Crippen LogP contribution in [0.25, 0.3) is 0 Å². The number of rotatable bonds is 15. The van der Waals surface area contributed by atoms with Gasteiger partial charge in [0, 0.05) is 779 Å². The number of carbonyl (C=O) groups excluding carboxylic acids is 1. The minimum absolute atomic E-state index is 0. The molecular formula is C35H62NO6PY23. The van der Waals surface area contributed by atoms with Crippen LogP contribution in [-0.4, -0.2) is 48.6 Å². The van der Waals surface area contributed by atoms with E-state index in [0.29, 0.717) is 31.1 Å². The van der Waals surface area contributed by atoms with E-state index in [2.05, 4.69) is 39.1 Å². The minimum Gasteiger partial charge on any atom is -0.446 e. The maximum Gasteiger partial charge on any atom is 0.407 e. The third-order valence-corrected chi connectivity index (χ3v) is 13.1. The minimum atomic E-state index is -3.38.